The van der Waals surface area contributed by atoms with Gasteiger partial charge in [0.1, 0.15) is 11.5 Å². The first-order valence-electron chi connectivity index (χ1n) is 7.72. The molecule has 1 amide bonds. The van der Waals surface area contributed by atoms with Gasteiger partial charge in [-0.05, 0) is 49.6 Å². The van der Waals surface area contributed by atoms with Crippen LogP contribution in [0.4, 0.5) is 5.69 Å². The molecule has 2 rings (SSSR count). The molecule has 0 saturated heterocycles. The van der Waals surface area contributed by atoms with Crippen LogP contribution in [0.15, 0.2) is 42.5 Å². The summed E-state index contributed by atoms with van der Waals surface area (Å²) in [5.41, 5.74) is 2.95. The molecule has 23 heavy (non-hydrogen) atoms. The standard InChI is InChI=1S/C19H23NO3/c1-5-18(23-16-8-6-7-15(12-16)22-4)19(21)20-17-11-13(2)9-10-14(17)3/h6-12,18H,5H2,1-4H3,(H,20,21)/t18-/m1/s1. The quantitative estimate of drug-likeness (QED) is 0.873. The largest absolute Gasteiger partial charge is 0.497 e. The zero-order chi connectivity index (χ0) is 16.8. The number of amides is 1. The molecule has 0 aliphatic rings. The highest BCUT2D eigenvalue weighted by atomic mass is 16.5. The normalized spacial score (nSPS) is 11.7. The van der Waals surface area contributed by atoms with Crippen LogP contribution in [0, 0.1) is 13.8 Å². The molecule has 0 fully saturated rings. The number of nitrogens with one attached hydrogen (secondary N) is 1. The summed E-state index contributed by atoms with van der Waals surface area (Å²) < 4.78 is 11.0. The maximum atomic E-state index is 12.5. The number of methoxy groups -OCH3 is 1. The van der Waals surface area contributed by atoms with Gasteiger partial charge in [-0.25, -0.2) is 0 Å². The number of anilines is 1. The van der Waals surface area contributed by atoms with E-state index in [2.05, 4.69) is 5.32 Å². The lowest BCUT2D eigenvalue weighted by Crippen LogP contribution is -2.32. The van der Waals surface area contributed by atoms with Gasteiger partial charge in [0.25, 0.3) is 5.91 Å². The summed E-state index contributed by atoms with van der Waals surface area (Å²) in [5.74, 6) is 1.17. The molecule has 122 valence electrons. The molecule has 0 aromatic heterocycles. The molecular formula is C19H23NO3. The van der Waals surface area contributed by atoms with Gasteiger partial charge < -0.3 is 14.8 Å². The highest BCUT2D eigenvalue weighted by Crippen LogP contribution is 2.22. The number of benzene rings is 2. The van der Waals surface area contributed by atoms with Crippen LogP contribution in [0.2, 0.25) is 0 Å². The summed E-state index contributed by atoms with van der Waals surface area (Å²) in [5, 5.41) is 2.96. The smallest absolute Gasteiger partial charge is 0.265 e. The molecule has 0 spiro atoms. The highest BCUT2D eigenvalue weighted by molar-refractivity contribution is 5.95. The highest BCUT2D eigenvalue weighted by Gasteiger charge is 2.19. The Morgan fingerprint density at radius 3 is 2.57 bits per heavy atom. The van der Waals surface area contributed by atoms with Crippen LogP contribution in [0.25, 0.3) is 0 Å². The first kappa shape index (κ1) is 16.9. The second kappa shape index (κ2) is 7.68. The summed E-state index contributed by atoms with van der Waals surface area (Å²) in [6.07, 6.45) is 0.0236. The van der Waals surface area contributed by atoms with E-state index in [1.54, 1.807) is 13.2 Å². The summed E-state index contributed by atoms with van der Waals surface area (Å²) in [6, 6.07) is 13.2. The Morgan fingerprint density at radius 1 is 1.13 bits per heavy atom. The Balaban J connectivity index is 2.10. The van der Waals surface area contributed by atoms with E-state index in [1.165, 1.54) is 0 Å². The molecule has 0 saturated carbocycles. The molecule has 2 aromatic rings. The first-order chi connectivity index (χ1) is 11.0. The van der Waals surface area contributed by atoms with Crippen molar-refractivity contribution in [1.82, 2.24) is 0 Å². The van der Waals surface area contributed by atoms with Crippen LogP contribution < -0.4 is 14.8 Å². The van der Waals surface area contributed by atoms with Gasteiger partial charge in [0.05, 0.1) is 7.11 Å². The summed E-state index contributed by atoms with van der Waals surface area (Å²) in [7, 11) is 1.60. The predicted molar refractivity (Wildman–Crippen MR) is 92.2 cm³/mol. The summed E-state index contributed by atoms with van der Waals surface area (Å²) in [6.45, 7) is 5.89. The van der Waals surface area contributed by atoms with Crippen LogP contribution in [0.5, 0.6) is 11.5 Å². The van der Waals surface area contributed by atoms with Crippen molar-refractivity contribution >= 4 is 11.6 Å². The third-order valence-electron chi connectivity index (χ3n) is 3.63. The van der Waals surface area contributed by atoms with Gasteiger partial charge in [0, 0.05) is 11.8 Å². The minimum absolute atomic E-state index is 0.149. The van der Waals surface area contributed by atoms with Crippen molar-refractivity contribution < 1.29 is 14.3 Å². The Labute approximate surface area is 137 Å². The zero-order valence-electron chi connectivity index (χ0n) is 14.1. The van der Waals surface area contributed by atoms with Crippen LogP contribution >= 0.6 is 0 Å². The van der Waals surface area contributed by atoms with Gasteiger partial charge in [-0.15, -0.1) is 0 Å². The zero-order valence-corrected chi connectivity index (χ0v) is 14.1. The van der Waals surface area contributed by atoms with Crippen molar-refractivity contribution in [3.8, 4) is 11.5 Å². The van der Waals surface area contributed by atoms with E-state index < -0.39 is 6.10 Å². The fourth-order valence-electron chi connectivity index (χ4n) is 2.24. The third kappa shape index (κ3) is 4.49. The van der Waals surface area contributed by atoms with Crippen molar-refractivity contribution in [3.63, 3.8) is 0 Å². The van der Waals surface area contributed by atoms with Gasteiger partial charge in [-0.3, -0.25) is 4.79 Å². The van der Waals surface area contributed by atoms with Crippen molar-refractivity contribution in [2.24, 2.45) is 0 Å². The molecule has 4 nitrogen and oxygen atoms in total. The lowest BCUT2D eigenvalue weighted by Gasteiger charge is -2.18. The maximum absolute atomic E-state index is 12.5. The lowest BCUT2D eigenvalue weighted by atomic mass is 10.1. The molecule has 1 atom stereocenters. The van der Waals surface area contributed by atoms with Crippen molar-refractivity contribution in [3.05, 3.63) is 53.6 Å². The second-order valence-electron chi connectivity index (χ2n) is 5.50. The molecule has 0 aliphatic carbocycles. The maximum Gasteiger partial charge on any atom is 0.265 e. The van der Waals surface area contributed by atoms with E-state index in [0.29, 0.717) is 17.9 Å². The van der Waals surface area contributed by atoms with E-state index in [4.69, 9.17) is 9.47 Å². The number of rotatable bonds is 6. The number of carbonyl (C=O) groups excluding carboxylic acids is 1. The Hall–Kier alpha value is -2.49. The van der Waals surface area contributed by atoms with Crippen LogP contribution in [0.3, 0.4) is 0 Å². The van der Waals surface area contributed by atoms with E-state index in [0.717, 1.165) is 16.8 Å². The number of ether oxygens (including phenoxy) is 2. The van der Waals surface area contributed by atoms with E-state index in [1.807, 2.05) is 57.2 Å². The summed E-state index contributed by atoms with van der Waals surface area (Å²) >= 11 is 0. The Bertz CT molecular complexity index is 682. The molecule has 0 radical (unpaired) electrons. The monoisotopic (exact) mass is 313 g/mol. The average Bonchev–Trinajstić information content (AvgIpc) is 2.56. The molecule has 2 aromatic carbocycles. The molecule has 0 unspecified atom stereocenters. The molecule has 0 bridgehead atoms. The molecule has 0 aliphatic heterocycles. The van der Waals surface area contributed by atoms with Gasteiger partial charge in [0.2, 0.25) is 0 Å². The first-order valence-corrected chi connectivity index (χ1v) is 7.72. The molecule has 0 heterocycles. The van der Waals surface area contributed by atoms with Gasteiger partial charge in [-0.1, -0.05) is 25.1 Å². The van der Waals surface area contributed by atoms with Crippen LogP contribution in [0.1, 0.15) is 24.5 Å². The van der Waals surface area contributed by atoms with Crippen molar-refractivity contribution in [2.45, 2.75) is 33.3 Å². The number of hydrogen-bond donors (Lipinski definition) is 1. The predicted octanol–water partition coefficient (Wildman–Crippen LogP) is 4.11. The fraction of sp³-hybridized carbons (Fsp3) is 0.316. The molecular weight excluding hydrogens is 290 g/mol. The van der Waals surface area contributed by atoms with Gasteiger partial charge in [-0.2, -0.15) is 0 Å². The minimum atomic E-state index is -0.554. The van der Waals surface area contributed by atoms with E-state index in [-0.39, 0.29) is 5.91 Å². The number of aryl methyl sites for hydroxylation is 2. The van der Waals surface area contributed by atoms with Crippen molar-refractivity contribution in [1.29, 1.82) is 0 Å². The number of hydrogen-bond acceptors (Lipinski definition) is 3. The molecule has 1 N–H and O–H groups in total. The third-order valence-corrected chi connectivity index (χ3v) is 3.63. The average molecular weight is 313 g/mol. The lowest BCUT2D eigenvalue weighted by molar-refractivity contribution is -0.122. The van der Waals surface area contributed by atoms with E-state index >= 15 is 0 Å². The van der Waals surface area contributed by atoms with Gasteiger partial charge in [0.15, 0.2) is 6.10 Å². The Morgan fingerprint density at radius 2 is 1.87 bits per heavy atom. The number of carbonyl (C=O) groups is 1. The fourth-order valence-corrected chi connectivity index (χ4v) is 2.24. The van der Waals surface area contributed by atoms with Gasteiger partial charge >= 0.3 is 0 Å². The Kier molecular flexibility index (Phi) is 5.63. The SMILES string of the molecule is CC[C@@H](Oc1cccc(OC)c1)C(=O)Nc1cc(C)ccc1C. The summed E-state index contributed by atoms with van der Waals surface area (Å²) in [4.78, 5) is 12.5. The second-order valence-corrected chi connectivity index (χ2v) is 5.50. The van der Waals surface area contributed by atoms with E-state index in [9.17, 15) is 4.79 Å². The van der Waals surface area contributed by atoms with Crippen LogP contribution in [-0.2, 0) is 4.79 Å². The molecule has 4 heteroatoms. The van der Waals surface area contributed by atoms with Crippen LogP contribution in [-0.4, -0.2) is 19.1 Å². The topological polar surface area (TPSA) is 47.6 Å². The van der Waals surface area contributed by atoms with Crippen molar-refractivity contribution in [2.75, 3.05) is 12.4 Å². The minimum Gasteiger partial charge on any atom is -0.497 e.